The van der Waals surface area contributed by atoms with Gasteiger partial charge in [-0.05, 0) is 37.3 Å². The Morgan fingerprint density at radius 1 is 1.21 bits per heavy atom. The third kappa shape index (κ3) is 5.55. The van der Waals surface area contributed by atoms with Crippen molar-refractivity contribution in [2.75, 3.05) is 6.61 Å². The molecule has 1 amide bonds. The third-order valence-electron chi connectivity index (χ3n) is 4.46. The minimum atomic E-state index is -0.700. The van der Waals surface area contributed by atoms with E-state index in [0.717, 1.165) is 19.3 Å². The Balaban J connectivity index is 1.77. The molecular weight excluding hydrogens is 306 g/mol. The molecule has 1 aromatic carbocycles. The first kappa shape index (κ1) is 18.3. The van der Waals surface area contributed by atoms with Gasteiger partial charge in [0.2, 0.25) is 0 Å². The van der Waals surface area contributed by atoms with Gasteiger partial charge in [-0.25, -0.2) is 4.79 Å². The van der Waals surface area contributed by atoms with E-state index in [4.69, 9.17) is 9.47 Å². The maximum absolute atomic E-state index is 12.1. The number of hydrogen-bond acceptors (Lipinski definition) is 4. The summed E-state index contributed by atoms with van der Waals surface area (Å²) in [5, 5.41) is 2.97. The lowest BCUT2D eigenvalue weighted by Crippen LogP contribution is -2.43. The second-order valence-electron chi connectivity index (χ2n) is 6.37. The van der Waals surface area contributed by atoms with Crippen LogP contribution in [0.2, 0.25) is 0 Å². The van der Waals surface area contributed by atoms with Gasteiger partial charge in [-0.3, -0.25) is 4.79 Å². The molecule has 0 spiro atoms. The lowest BCUT2D eigenvalue weighted by molar-refractivity contribution is -0.155. The second kappa shape index (κ2) is 9.30. The van der Waals surface area contributed by atoms with Crippen molar-refractivity contribution in [3.8, 4) is 5.75 Å². The summed E-state index contributed by atoms with van der Waals surface area (Å²) in [6, 6.07) is 9.31. The number of hydrogen-bond donors (Lipinski definition) is 1. The van der Waals surface area contributed by atoms with Crippen molar-refractivity contribution in [1.29, 1.82) is 0 Å². The van der Waals surface area contributed by atoms with Crippen LogP contribution < -0.4 is 10.1 Å². The fourth-order valence-corrected chi connectivity index (χ4v) is 2.97. The Morgan fingerprint density at radius 2 is 1.92 bits per heavy atom. The predicted molar refractivity (Wildman–Crippen MR) is 91.7 cm³/mol. The van der Waals surface area contributed by atoms with Crippen molar-refractivity contribution in [1.82, 2.24) is 5.32 Å². The van der Waals surface area contributed by atoms with Crippen LogP contribution in [-0.2, 0) is 14.3 Å². The Bertz CT molecular complexity index is 531. The quantitative estimate of drug-likeness (QED) is 0.779. The summed E-state index contributed by atoms with van der Waals surface area (Å²) in [7, 11) is 0. The number of para-hydroxylation sites is 1. The van der Waals surface area contributed by atoms with E-state index in [1.165, 1.54) is 6.42 Å². The Labute approximate surface area is 143 Å². The highest BCUT2D eigenvalue weighted by Crippen LogP contribution is 2.23. The van der Waals surface area contributed by atoms with Gasteiger partial charge in [0.05, 0.1) is 0 Å². The molecule has 5 heteroatoms. The minimum absolute atomic E-state index is 0.187. The van der Waals surface area contributed by atoms with Gasteiger partial charge in [0.15, 0.2) is 12.7 Å². The monoisotopic (exact) mass is 333 g/mol. The molecule has 1 aromatic rings. The Morgan fingerprint density at radius 3 is 2.58 bits per heavy atom. The molecular formula is C19H27NO4. The molecule has 5 nitrogen and oxygen atoms in total. The van der Waals surface area contributed by atoms with E-state index in [0.29, 0.717) is 18.1 Å². The molecule has 0 aliphatic heterocycles. The van der Waals surface area contributed by atoms with Crippen molar-refractivity contribution in [2.24, 2.45) is 5.92 Å². The van der Waals surface area contributed by atoms with Crippen LogP contribution in [0.5, 0.6) is 5.75 Å². The number of nitrogens with one attached hydrogen (secondary N) is 1. The molecule has 1 aliphatic rings. The van der Waals surface area contributed by atoms with Crippen LogP contribution in [0, 0.1) is 5.92 Å². The van der Waals surface area contributed by atoms with E-state index in [9.17, 15) is 9.59 Å². The SMILES string of the molecule is CC[C@@H](Oc1ccccc1)C(=O)OCC(=O)N[C@@H]1CCCC[C@@H]1C. The molecule has 1 saturated carbocycles. The van der Waals surface area contributed by atoms with Gasteiger partial charge in [-0.15, -0.1) is 0 Å². The van der Waals surface area contributed by atoms with E-state index in [1.54, 1.807) is 12.1 Å². The highest BCUT2D eigenvalue weighted by Gasteiger charge is 2.24. The normalized spacial score (nSPS) is 21.6. The molecule has 0 unspecified atom stereocenters. The standard InChI is InChI=1S/C19H27NO4/c1-3-17(24-15-10-5-4-6-11-15)19(22)23-13-18(21)20-16-12-8-7-9-14(16)2/h4-6,10-11,14,16-17H,3,7-9,12-13H2,1-2H3,(H,20,21)/t14-,16+,17+/m0/s1. The van der Waals surface area contributed by atoms with Crippen LogP contribution >= 0.6 is 0 Å². The molecule has 24 heavy (non-hydrogen) atoms. The molecule has 0 saturated heterocycles. The number of esters is 1. The van der Waals surface area contributed by atoms with Gasteiger partial charge >= 0.3 is 5.97 Å². The summed E-state index contributed by atoms with van der Waals surface area (Å²) >= 11 is 0. The van der Waals surface area contributed by atoms with Gasteiger partial charge in [0.25, 0.3) is 5.91 Å². The van der Waals surface area contributed by atoms with Gasteiger partial charge in [-0.2, -0.15) is 0 Å². The van der Waals surface area contributed by atoms with Crippen molar-refractivity contribution in [3.63, 3.8) is 0 Å². The van der Waals surface area contributed by atoms with E-state index < -0.39 is 12.1 Å². The number of carbonyl (C=O) groups is 2. The number of ether oxygens (including phenoxy) is 2. The zero-order valence-electron chi connectivity index (χ0n) is 14.5. The van der Waals surface area contributed by atoms with Crippen LogP contribution in [0.1, 0.15) is 46.0 Å². The van der Waals surface area contributed by atoms with E-state index in [2.05, 4.69) is 12.2 Å². The van der Waals surface area contributed by atoms with Gasteiger partial charge in [0, 0.05) is 6.04 Å². The maximum atomic E-state index is 12.1. The molecule has 132 valence electrons. The highest BCUT2D eigenvalue weighted by molar-refractivity contribution is 5.82. The lowest BCUT2D eigenvalue weighted by atomic mass is 9.86. The van der Waals surface area contributed by atoms with Crippen LogP contribution in [0.4, 0.5) is 0 Å². The number of rotatable bonds is 7. The predicted octanol–water partition coefficient (Wildman–Crippen LogP) is 3.08. The average molecular weight is 333 g/mol. The summed E-state index contributed by atoms with van der Waals surface area (Å²) in [5.41, 5.74) is 0. The van der Waals surface area contributed by atoms with Crippen LogP contribution in [0.15, 0.2) is 30.3 Å². The van der Waals surface area contributed by atoms with E-state index >= 15 is 0 Å². The molecule has 0 aromatic heterocycles. The smallest absolute Gasteiger partial charge is 0.347 e. The Hall–Kier alpha value is -2.04. The van der Waals surface area contributed by atoms with E-state index in [-0.39, 0.29) is 18.6 Å². The van der Waals surface area contributed by atoms with Gasteiger partial charge in [-0.1, -0.05) is 44.9 Å². The van der Waals surface area contributed by atoms with Crippen molar-refractivity contribution >= 4 is 11.9 Å². The molecule has 1 aliphatic carbocycles. The molecule has 1 N–H and O–H groups in total. The lowest BCUT2D eigenvalue weighted by Gasteiger charge is -2.29. The number of amides is 1. The molecule has 0 bridgehead atoms. The fraction of sp³-hybridized carbons (Fsp3) is 0.579. The maximum Gasteiger partial charge on any atom is 0.347 e. The molecule has 0 heterocycles. The first-order valence-electron chi connectivity index (χ1n) is 8.77. The van der Waals surface area contributed by atoms with Crippen LogP contribution in [0.25, 0.3) is 0 Å². The summed E-state index contributed by atoms with van der Waals surface area (Å²) in [6.45, 7) is 3.74. The number of benzene rings is 1. The van der Waals surface area contributed by atoms with Crippen LogP contribution in [-0.4, -0.2) is 30.6 Å². The van der Waals surface area contributed by atoms with Gasteiger partial charge < -0.3 is 14.8 Å². The molecule has 2 rings (SSSR count). The van der Waals surface area contributed by atoms with Crippen LogP contribution in [0.3, 0.4) is 0 Å². The average Bonchev–Trinajstić information content (AvgIpc) is 2.60. The highest BCUT2D eigenvalue weighted by atomic mass is 16.6. The summed E-state index contributed by atoms with van der Waals surface area (Å²) in [6.07, 6.45) is 4.27. The summed E-state index contributed by atoms with van der Waals surface area (Å²) in [5.74, 6) is 0.342. The second-order valence-corrected chi connectivity index (χ2v) is 6.37. The van der Waals surface area contributed by atoms with E-state index in [1.807, 2.05) is 25.1 Å². The molecule has 1 fully saturated rings. The van der Waals surface area contributed by atoms with Crippen molar-refractivity contribution in [2.45, 2.75) is 58.1 Å². The van der Waals surface area contributed by atoms with Crippen molar-refractivity contribution < 1.29 is 19.1 Å². The zero-order chi connectivity index (χ0) is 17.4. The van der Waals surface area contributed by atoms with Crippen molar-refractivity contribution in [3.05, 3.63) is 30.3 Å². The first-order chi connectivity index (χ1) is 11.6. The topological polar surface area (TPSA) is 64.6 Å². The first-order valence-corrected chi connectivity index (χ1v) is 8.77. The minimum Gasteiger partial charge on any atom is -0.479 e. The largest absolute Gasteiger partial charge is 0.479 e. The zero-order valence-corrected chi connectivity index (χ0v) is 14.5. The summed E-state index contributed by atoms with van der Waals surface area (Å²) < 4.78 is 10.7. The molecule has 3 atom stereocenters. The fourth-order valence-electron chi connectivity index (χ4n) is 2.97. The third-order valence-corrected chi connectivity index (χ3v) is 4.46. The van der Waals surface area contributed by atoms with Gasteiger partial charge in [0.1, 0.15) is 5.75 Å². The molecule has 0 radical (unpaired) electrons. The Kier molecular flexibility index (Phi) is 7.09. The number of carbonyl (C=O) groups excluding carboxylic acids is 2. The summed E-state index contributed by atoms with van der Waals surface area (Å²) in [4.78, 5) is 24.1.